The van der Waals surface area contributed by atoms with E-state index in [0.29, 0.717) is 18.8 Å². The molecule has 8 heteroatoms. The number of nitrogens with zero attached hydrogens (tertiary/aromatic N) is 2. The van der Waals surface area contributed by atoms with Crippen LogP contribution in [0.1, 0.15) is 32.6 Å². The average molecular weight is 336 g/mol. The van der Waals surface area contributed by atoms with Gasteiger partial charge in [-0.15, -0.1) is 0 Å². The molecule has 0 aromatic rings. The summed E-state index contributed by atoms with van der Waals surface area (Å²) in [4.78, 5) is 27.0. The summed E-state index contributed by atoms with van der Waals surface area (Å²) in [6.07, 6.45) is -2.26. The molecule has 2 fully saturated rings. The summed E-state index contributed by atoms with van der Waals surface area (Å²) in [6.45, 7) is 0.961. The van der Waals surface area contributed by atoms with Gasteiger partial charge in [0.1, 0.15) is 0 Å². The van der Waals surface area contributed by atoms with Crippen molar-refractivity contribution in [2.45, 2.75) is 44.8 Å². The van der Waals surface area contributed by atoms with Crippen molar-refractivity contribution in [3.63, 3.8) is 0 Å². The normalized spacial score (nSPS) is 21.0. The molecule has 132 valence electrons. The molecule has 0 radical (unpaired) electrons. The maximum absolute atomic E-state index is 12.4. The van der Waals surface area contributed by atoms with E-state index in [1.54, 1.807) is 11.9 Å². The van der Waals surface area contributed by atoms with Crippen molar-refractivity contribution in [2.75, 3.05) is 26.7 Å². The third kappa shape index (κ3) is 5.00. The Kier molecular flexibility index (Phi) is 5.41. The number of amides is 2. The zero-order valence-electron chi connectivity index (χ0n) is 13.4. The Bertz CT molecular complexity index is 444. The monoisotopic (exact) mass is 336 g/mol. The predicted molar refractivity (Wildman–Crippen MR) is 76.7 cm³/mol. The largest absolute Gasteiger partial charge is 0.440 e. The van der Waals surface area contributed by atoms with Crippen LogP contribution in [0.2, 0.25) is 0 Å². The van der Waals surface area contributed by atoms with Crippen molar-refractivity contribution in [1.82, 2.24) is 9.80 Å². The molecule has 0 aromatic carbocycles. The quantitative estimate of drug-likeness (QED) is 0.793. The van der Waals surface area contributed by atoms with E-state index in [-0.39, 0.29) is 31.0 Å². The smallest absolute Gasteiger partial charge is 0.422 e. The topological polar surface area (TPSA) is 49.9 Å². The van der Waals surface area contributed by atoms with Crippen LogP contribution in [0, 0.1) is 11.8 Å². The molecule has 1 atom stereocenters. The van der Waals surface area contributed by atoms with Crippen molar-refractivity contribution < 1.29 is 27.5 Å². The first-order chi connectivity index (χ1) is 10.7. The second-order valence-electron chi connectivity index (χ2n) is 6.46. The van der Waals surface area contributed by atoms with E-state index in [9.17, 15) is 22.8 Å². The highest BCUT2D eigenvalue weighted by Gasteiger charge is 2.37. The molecule has 1 aliphatic heterocycles. The fourth-order valence-electron chi connectivity index (χ4n) is 2.93. The minimum absolute atomic E-state index is 0.0627. The molecule has 23 heavy (non-hydrogen) atoms. The molecule has 1 aliphatic carbocycles. The predicted octanol–water partition coefficient (Wildman–Crippen LogP) is 2.65. The van der Waals surface area contributed by atoms with Crippen LogP contribution < -0.4 is 0 Å². The number of likely N-dealkylation sites (tertiary alicyclic amines) is 1. The van der Waals surface area contributed by atoms with Crippen molar-refractivity contribution in [3.05, 3.63) is 0 Å². The lowest BCUT2D eigenvalue weighted by Gasteiger charge is -2.34. The van der Waals surface area contributed by atoms with Gasteiger partial charge < -0.3 is 14.5 Å². The molecule has 1 saturated heterocycles. The molecule has 1 heterocycles. The molecule has 5 nitrogen and oxygen atoms in total. The van der Waals surface area contributed by atoms with Crippen LogP contribution in [-0.2, 0) is 9.53 Å². The standard InChI is InChI=1S/C15H23F3N2O3/c1-10(11-3-4-11)19(2)13(21)12-5-7-20(8-6-12)14(22)23-9-15(16,17)18/h10-12H,3-9H2,1-2H3/t10-/m0/s1. The first-order valence-corrected chi connectivity index (χ1v) is 7.94. The molecule has 2 amide bonds. The minimum Gasteiger partial charge on any atom is -0.440 e. The number of rotatable bonds is 4. The molecule has 0 spiro atoms. The highest BCUT2D eigenvalue weighted by molar-refractivity contribution is 5.79. The number of ether oxygens (including phenoxy) is 1. The van der Waals surface area contributed by atoms with E-state index in [2.05, 4.69) is 4.74 Å². The summed E-state index contributed by atoms with van der Waals surface area (Å²) in [7, 11) is 1.80. The van der Waals surface area contributed by atoms with Gasteiger partial charge in [0.25, 0.3) is 0 Å². The number of hydrogen-bond acceptors (Lipinski definition) is 3. The number of alkyl halides is 3. The van der Waals surface area contributed by atoms with Crippen molar-refractivity contribution in [1.29, 1.82) is 0 Å². The third-order valence-corrected chi connectivity index (χ3v) is 4.72. The van der Waals surface area contributed by atoms with Crippen LogP contribution >= 0.6 is 0 Å². The van der Waals surface area contributed by atoms with E-state index in [0.717, 1.165) is 12.8 Å². The van der Waals surface area contributed by atoms with E-state index >= 15 is 0 Å². The second kappa shape index (κ2) is 6.97. The zero-order chi connectivity index (χ0) is 17.2. The van der Waals surface area contributed by atoms with E-state index in [4.69, 9.17) is 0 Å². The summed E-state index contributed by atoms with van der Waals surface area (Å²) in [5, 5.41) is 0. The van der Waals surface area contributed by atoms with Crippen LogP contribution in [0.5, 0.6) is 0 Å². The summed E-state index contributed by atoms with van der Waals surface area (Å²) in [6, 6.07) is 0.220. The first kappa shape index (κ1) is 17.9. The molecule has 0 aromatic heterocycles. The number of carbonyl (C=O) groups is 2. The maximum atomic E-state index is 12.4. The maximum Gasteiger partial charge on any atom is 0.422 e. The van der Waals surface area contributed by atoms with Crippen LogP contribution in [0.4, 0.5) is 18.0 Å². The van der Waals surface area contributed by atoms with Crippen molar-refractivity contribution >= 4 is 12.0 Å². The number of hydrogen-bond donors (Lipinski definition) is 0. The summed E-state index contributed by atoms with van der Waals surface area (Å²) < 4.78 is 40.4. The Labute approximate surface area is 133 Å². The van der Waals surface area contributed by atoms with Gasteiger partial charge in [-0.05, 0) is 38.5 Å². The summed E-state index contributed by atoms with van der Waals surface area (Å²) >= 11 is 0. The van der Waals surface area contributed by atoms with Crippen molar-refractivity contribution in [3.8, 4) is 0 Å². The molecule has 0 N–H and O–H groups in total. The Morgan fingerprint density at radius 3 is 2.26 bits per heavy atom. The lowest BCUT2D eigenvalue weighted by Crippen LogP contribution is -2.46. The van der Waals surface area contributed by atoms with Gasteiger partial charge in [0.05, 0.1) is 0 Å². The fraction of sp³-hybridized carbons (Fsp3) is 0.867. The molecule has 0 bridgehead atoms. The fourth-order valence-corrected chi connectivity index (χ4v) is 2.93. The van der Waals surface area contributed by atoms with Crippen LogP contribution in [0.25, 0.3) is 0 Å². The Balaban J connectivity index is 1.76. The molecule has 2 aliphatic rings. The lowest BCUT2D eigenvalue weighted by atomic mass is 9.95. The number of piperidine rings is 1. The first-order valence-electron chi connectivity index (χ1n) is 7.94. The lowest BCUT2D eigenvalue weighted by molar-refractivity contribution is -0.162. The molecule has 1 saturated carbocycles. The average Bonchev–Trinajstić information content (AvgIpc) is 3.34. The highest BCUT2D eigenvalue weighted by atomic mass is 19.4. The SMILES string of the molecule is C[C@@H](C1CC1)N(C)C(=O)C1CCN(C(=O)OCC(F)(F)F)CC1. The van der Waals surface area contributed by atoms with Gasteiger partial charge in [0, 0.05) is 32.1 Å². The summed E-state index contributed by atoms with van der Waals surface area (Å²) in [5.41, 5.74) is 0. The van der Waals surface area contributed by atoms with Gasteiger partial charge in [-0.2, -0.15) is 13.2 Å². The number of halogens is 3. The Morgan fingerprint density at radius 1 is 1.22 bits per heavy atom. The van der Waals surface area contributed by atoms with Crippen LogP contribution in [0.3, 0.4) is 0 Å². The summed E-state index contributed by atoms with van der Waals surface area (Å²) in [5.74, 6) is 0.474. The second-order valence-corrected chi connectivity index (χ2v) is 6.46. The van der Waals surface area contributed by atoms with Crippen LogP contribution in [0.15, 0.2) is 0 Å². The van der Waals surface area contributed by atoms with E-state index in [1.807, 2.05) is 6.92 Å². The molecular weight excluding hydrogens is 313 g/mol. The van der Waals surface area contributed by atoms with Gasteiger partial charge in [-0.3, -0.25) is 4.79 Å². The van der Waals surface area contributed by atoms with Gasteiger partial charge >= 0.3 is 12.3 Å². The van der Waals surface area contributed by atoms with Gasteiger partial charge in [0.15, 0.2) is 6.61 Å². The van der Waals surface area contributed by atoms with Crippen LogP contribution in [-0.4, -0.2) is 60.8 Å². The highest BCUT2D eigenvalue weighted by Crippen LogP contribution is 2.35. The minimum atomic E-state index is -4.52. The molecule has 2 rings (SSSR count). The zero-order valence-corrected chi connectivity index (χ0v) is 13.4. The third-order valence-electron chi connectivity index (χ3n) is 4.72. The van der Waals surface area contributed by atoms with E-state index < -0.39 is 18.9 Å². The van der Waals surface area contributed by atoms with Gasteiger partial charge in [-0.25, -0.2) is 4.79 Å². The van der Waals surface area contributed by atoms with Gasteiger partial charge in [0.2, 0.25) is 5.91 Å². The molecule has 0 unspecified atom stereocenters. The molecular formula is C15H23F3N2O3. The Morgan fingerprint density at radius 2 is 1.78 bits per heavy atom. The van der Waals surface area contributed by atoms with E-state index in [1.165, 1.54) is 4.90 Å². The van der Waals surface area contributed by atoms with Crippen molar-refractivity contribution in [2.24, 2.45) is 11.8 Å². The van der Waals surface area contributed by atoms with Gasteiger partial charge in [-0.1, -0.05) is 0 Å². The Hall–Kier alpha value is -1.47. The number of carbonyl (C=O) groups excluding carboxylic acids is 2.